The number of hydrogen-bond donors (Lipinski definition) is 1. The zero-order valence-electron chi connectivity index (χ0n) is 17.1. The smallest absolute Gasteiger partial charge is 0.269 e. The van der Waals surface area contributed by atoms with Gasteiger partial charge in [0.05, 0.1) is 16.4 Å². The minimum Gasteiger partial charge on any atom is -0.297 e. The van der Waals surface area contributed by atoms with E-state index >= 15 is 0 Å². The summed E-state index contributed by atoms with van der Waals surface area (Å²) in [6.07, 6.45) is 1.83. The van der Waals surface area contributed by atoms with E-state index in [1.54, 1.807) is 11.3 Å². The fourth-order valence-electron chi connectivity index (χ4n) is 3.53. The van der Waals surface area contributed by atoms with Crippen LogP contribution in [0.5, 0.6) is 0 Å². The number of anilines is 1. The van der Waals surface area contributed by atoms with E-state index in [9.17, 15) is 4.79 Å². The van der Waals surface area contributed by atoms with Gasteiger partial charge in [0, 0.05) is 37.4 Å². The summed E-state index contributed by atoms with van der Waals surface area (Å²) < 4.78 is 0. The number of aryl methyl sites for hydroxylation is 1. The molecule has 0 bridgehead atoms. The van der Waals surface area contributed by atoms with Crippen LogP contribution in [0.2, 0.25) is 0 Å². The van der Waals surface area contributed by atoms with Crippen molar-refractivity contribution in [2.24, 2.45) is 5.92 Å². The second-order valence-corrected chi connectivity index (χ2v) is 10.1. The van der Waals surface area contributed by atoms with Crippen LogP contribution in [0, 0.1) is 12.8 Å². The molecule has 152 valence electrons. The van der Waals surface area contributed by atoms with Gasteiger partial charge in [-0.05, 0) is 18.4 Å². The second kappa shape index (κ2) is 8.73. The largest absolute Gasteiger partial charge is 0.297 e. The van der Waals surface area contributed by atoms with E-state index in [0.29, 0.717) is 15.9 Å². The SMILES string of the molecule is Cc1nc(CC(C)C)sc1C(=O)Nc1nc2c(s1)CN(Cc1ccccc1)CC2. The van der Waals surface area contributed by atoms with Crippen LogP contribution in [0.15, 0.2) is 30.3 Å². The summed E-state index contributed by atoms with van der Waals surface area (Å²) in [5.41, 5.74) is 3.25. The molecular formula is C22H26N4OS2. The minimum atomic E-state index is -0.0951. The molecule has 1 amide bonds. The van der Waals surface area contributed by atoms with E-state index in [1.165, 1.54) is 21.8 Å². The van der Waals surface area contributed by atoms with Crippen molar-refractivity contribution < 1.29 is 4.79 Å². The van der Waals surface area contributed by atoms with Gasteiger partial charge in [-0.1, -0.05) is 44.2 Å². The van der Waals surface area contributed by atoms with E-state index in [4.69, 9.17) is 0 Å². The third-order valence-electron chi connectivity index (χ3n) is 4.91. The maximum Gasteiger partial charge on any atom is 0.269 e. The highest BCUT2D eigenvalue weighted by Gasteiger charge is 2.23. The summed E-state index contributed by atoms with van der Waals surface area (Å²) in [5, 5.41) is 4.73. The van der Waals surface area contributed by atoms with Crippen molar-refractivity contribution >= 4 is 33.7 Å². The minimum absolute atomic E-state index is 0.0951. The molecule has 0 radical (unpaired) electrons. The molecule has 2 aromatic heterocycles. The molecule has 7 heteroatoms. The number of nitrogens with zero attached hydrogens (tertiary/aromatic N) is 3. The van der Waals surface area contributed by atoms with E-state index in [-0.39, 0.29) is 5.91 Å². The highest BCUT2D eigenvalue weighted by molar-refractivity contribution is 7.16. The molecule has 0 spiro atoms. The monoisotopic (exact) mass is 426 g/mol. The highest BCUT2D eigenvalue weighted by atomic mass is 32.1. The summed E-state index contributed by atoms with van der Waals surface area (Å²) in [6, 6.07) is 10.5. The molecule has 29 heavy (non-hydrogen) atoms. The first-order valence-electron chi connectivity index (χ1n) is 10.0. The van der Waals surface area contributed by atoms with Gasteiger partial charge in [-0.2, -0.15) is 0 Å². The van der Waals surface area contributed by atoms with Crippen LogP contribution < -0.4 is 5.32 Å². The standard InChI is InChI=1S/C22H26N4OS2/c1-14(2)11-19-23-15(3)20(29-19)21(27)25-22-24-17-9-10-26(13-18(17)28-22)12-16-7-5-4-6-8-16/h4-8,14H,9-13H2,1-3H3,(H,24,25,27). The number of carbonyl (C=O) groups is 1. The van der Waals surface area contributed by atoms with Crippen LogP contribution >= 0.6 is 22.7 Å². The number of carbonyl (C=O) groups excluding carboxylic acids is 1. The molecule has 1 N–H and O–H groups in total. The Kier molecular flexibility index (Phi) is 6.08. The topological polar surface area (TPSA) is 58.1 Å². The number of amides is 1. The van der Waals surface area contributed by atoms with E-state index in [1.807, 2.05) is 13.0 Å². The maximum atomic E-state index is 12.8. The van der Waals surface area contributed by atoms with Crippen molar-refractivity contribution in [1.82, 2.24) is 14.9 Å². The number of fused-ring (bicyclic) bond motifs is 1. The Labute approximate surface area is 179 Å². The number of aromatic nitrogens is 2. The van der Waals surface area contributed by atoms with Crippen molar-refractivity contribution in [2.45, 2.75) is 46.7 Å². The third-order valence-corrected chi connectivity index (χ3v) is 7.09. The van der Waals surface area contributed by atoms with E-state index in [0.717, 1.165) is 48.9 Å². The summed E-state index contributed by atoms with van der Waals surface area (Å²) in [4.78, 5) is 26.4. The maximum absolute atomic E-state index is 12.8. The van der Waals surface area contributed by atoms with Crippen molar-refractivity contribution in [3.8, 4) is 0 Å². The molecule has 0 saturated heterocycles. The quantitative estimate of drug-likeness (QED) is 0.608. The van der Waals surface area contributed by atoms with Crippen LogP contribution in [0.4, 0.5) is 5.13 Å². The lowest BCUT2D eigenvalue weighted by molar-refractivity contribution is 0.103. The van der Waals surface area contributed by atoms with Gasteiger partial charge in [-0.3, -0.25) is 15.0 Å². The normalized spacial score (nSPS) is 14.2. The van der Waals surface area contributed by atoms with Crippen molar-refractivity contribution in [3.05, 3.63) is 62.0 Å². The van der Waals surface area contributed by atoms with Crippen LogP contribution in [0.3, 0.4) is 0 Å². The average molecular weight is 427 g/mol. The third kappa shape index (κ3) is 4.91. The van der Waals surface area contributed by atoms with Crippen LogP contribution in [0.25, 0.3) is 0 Å². The highest BCUT2D eigenvalue weighted by Crippen LogP contribution is 2.30. The average Bonchev–Trinajstić information content (AvgIpc) is 3.24. The fraction of sp³-hybridized carbons (Fsp3) is 0.409. The number of rotatable bonds is 6. The zero-order chi connectivity index (χ0) is 20.4. The van der Waals surface area contributed by atoms with Gasteiger partial charge in [0.1, 0.15) is 4.88 Å². The lowest BCUT2D eigenvalue weighted by atomic mass is 10.1. The number of thiazole rings is 2. The molecule has 4 rings (SSSR count). The van der Waals surface area contributed by atoms with Crippen molar-refractivity contribution in [1.29, 1.82) is 0 Å². The van der Waals surface area contributed by atoms with Crippen molar-refractivity contribution in [3.63, 3.8) is 0 Å². The van der Waals surface area contributed by atoms with Gasteiger partial charge in [-0.15, -0.1) is 22.7 Å². The zero-order valence-corrected chi connectivity index (χ0v) is 18.7. The first-order chi connectivity index (χ1) is 14.0. The molecule has 5 nitrogen and oxygen atoms in total. The molecule has 0 saturated carbocycles. The molecule has 0 fully saturated rings. The first-order valence-corrected chi connectivity index (χ1v) is 11.6. The predicted octanol–water partition coefficient (Wildman–Crippen LogP) is 4.92. The Hall–Kier alpha value is -2.09. The van der Waals surface area contributed by atoms with Crippen LogP contribution in [-0.4, -0.2) is 27.3 Å². The van der Waals surface area contributed by atoms with Gasteiger partial charge in [0.25, 0.3) is 5.91 Å². The summed E-state index contributed by atoms with van der Waals surface area (Å²) in [6.45, 7) is 9.05. The van der Waals surface area contributed by atoms with Gasteiger partial charge >= 0.3 is 0 Å². The predicted molar refractivity (Wildman–Crippen MR) is 120 cm³/mol. The van der Waals surface area contributed by atoms with Crippen LogP contribution in [-0.2, 0) is 25.9 Å². The molecule has 3 heterocycles. The number of benzene rings is 1. The molecule has 0 unspecified atom stereocenters. The Morgan fingerprint density at radius 3 is 2.76 bits per heavy atom. The first kappa shape index (κ1) is 20.2. The molecule has 0 aliphatic carbocycles. The van der Waals surface area contributed by atoms with Gasteiger partial charge in [0.15, 0.2) is 5.13 Å². The molecule has 1 aromatic carbocycles. The fourth-order valence-corrected chi connectivity index (χ4v) is 5.75. The van der Waals surface area contributed by atoms with E-state index < -0.39 is 0 Å². The number of hydrogen-bond acceptors (Lipinski definition) is 6. The van der Waals surface area contributed by atoms with E-state index in [2.05, 4.69) is 58.3 Å². The van der Waals surface area contributed by atoms with Gasteiger partial charge in [0.2, 0.25) is 0 Å². The lowest BCUT2D eigenvalue weighted by Gasteiger charge is -2.25. The molecule has 1 aliphatic heterocycles. The summed E-state index contributed by atoms with van der Waals surface area (Å²) >= 11 is 3.09. The Morgan fingerprint density at radius 1 is 1.21 bits per heavy atom. The number of nitrogens with one attached hydrogen (secondary N) is 1. The summed E-state index contributed by atoms with van der Waals surface area (Å²) in [5.74, 6) is 0.434. The van der Waals surface area contributed by atoms with Gasteiger partial charge < -0.3 is 0 Å². The molecule has 0 atom stereocenters. The van der Waals surface area contributed by atoms with Crippen molar-refractivity contribution in [2.75, 3.05) is 11.9 Å². The Balaban J connectivity index is 1.42. The van der Waals surface area contributed by atoms with Crippen LogP contribution in [0.1, 0.15) is 50.4 Å². The Bertz CT molecular complexity index is 994. The molecule has 3 aromatic rings. The molecular weight excluding hydrogens is 400 g/mol. The second-order valence-electron chi connectivity index (χ2n) is 7.91. The summed E-state index contributed by atoms with van der Waals surface area (Å²) in [7, 11) is 0. The lowest BCUT2D eigenvalue weighted by Crippen LogP contribution is -2.29. The van der Waals surface area contributed by atoms with Gasteiger partial charge in [-0.25, -0.2) is 9.97 Å². The molecule has 1 aliphatic rings. The Morgan fingerprint density at radius 2 is 2.00 bits per heavy atom.